The van der Waals surface area contributed by atoms with E-state index >= 15 is 0 Å². The number of hydrogen-bond acceptors (Lipinski definition) is 5. The van der Waals surface area contributed by atoms with Gasteiger partial charge in [-0.05, 0) is 61.8 Å². The lowest BCUT2D eigenvalue weighted by Gasteiger charge is -2.40. The van der Waals surface area contributed by atoms with Gasteiger partial charge in [-0.1, -0.05) is 11.6 Å². The molecule has 4 atom stereocenters. The molecular formula is C25H23ClF3N3O4S. The van der Waals surface area contributed by atoms with Crippen molar-refractivity contribution in [1.29, 1.82) is 0 Å². The number of fused-ring (bicyclic) bond motifs is 2. The molecule has 2 aromatic carbocycles. The zero-order valence-electron chi connectivity index (χ0n) is 19.4. The minimum absolute atomic E-state index is 0.0628. The van der Waals surface area contributed by atoms with Crippen LogP contribution in [0.25, 0.3) is 0 Å². The Morgan fingerprint density at radius 2 is 1.78 bits per heavy atom. The van der Waals surface area contributed by atoms with Crippen LogP contribution < -0.4 is 5.32 Å². The van der Waals surface area contributed by atoms with E-state index in [4.69, 9.17) is 11.6 Å². The second-order valence-corrected chi connectivity index (χ2v) is 12.3. The molecule has 0 spiro atoms. The lowest BCUT2D eigenvalue weighted by atomic mass is 9.77. The van der Waals surface area contributed by atoms with E-state index in [1.165, 1.54) is 12.1 Å². The number of anilines is 1. The van der Waals surface area contributed by atoms with Crippen molar-refractivity contribution in [3.63, 3.8) is 0 Å². The second kappa shape index (κ2) is 9.45. The summed E-state index contributed by atoms with van der Waals surface area (Å²) in [7, 11) is -4.00. The van der Waals surface area contributed by atoms with Crippen LogP contribution in [-0.2, 0) is 16.4 Å². The monoisotopic (exact) mass is 553 g/mol. The maximum Gasteiger partial charge on any atom is 0.255 e. The normalized spacial score (nSPS) is 25.3. The number of sulfone groups is 1. The van der Waals surface area contributed by atoms with E-state index in [0.29, 0.717) is 25.0 Å². The maximum atomic E-state index is 13.8. The largest absolute Gasteiger partial charge is 0.388 e. The zero-order valence-corrected chi connectivity index (χ0v) is 20.9. The number of hydrogen-bond donors (Lipinski definition) is 2. The van der Waals surface area contributed by atoms with E-state index in [0.717, 1.165) is 6.07 Å². The summed E-state index contributed by atoms with van der Waals surface area (Å²) in [5.74, 6) is -6.08. The Hall–Kier alpha value is -2.89. The summed E-state index contributed by atoms with van der Waals surface area (Å²) in [6.45, 7) is 0.265. The first-order valence-electron chi connectivity index (χ1n) is 11.7. The van der Waals surface area contributed by atoms with Gasteiger partial charge >= 0.3 is 0 Å². The number of amides is 1. The summed E-state index contributed by atoms with van der Waals surface area (Å²) < 4.78 is 69.5. The number of aromatic nitrogens is 2. The molecule has 5 rings (SSSR count). The van der Waals surface area contributed by atoms with Gasteiger partial charge in [0.2, 0.25) is 0 Å². The second-order valence-electron chi connectivity index (χ2n) is 9.80. The van der Waals surface area contributed by atoms with Crippen LogP contribution in [-0.4, -0.2) is 40.1 Å². The fourth-order valence-electron chi connectivity index (χ4n) is 5.81. The van der Waals surface area contributed by atoms with E-state index in [1.54, 1.807) is 23.1 Å². The van der Waals surface area contributed by atoms with Crippen LogP contribution in [0.3, 0.4) is 0 Å². The number of carbonyl (C=O) groups is 1. The van der Waals surface area contributed by atoms with E-state index in [-0.39, 0.29) is 52.4 Å². The van der Waals surface area contributed by atoms with Crippen LogP contribution >= 0.6 is 11.6 Å². The first-order valence-corrected chi connectivity index (χ1v) is 13.6. The molecule has 2 saturated carbocycles. The third kappa shape index (κ3) is 4.87. The molecule has 7 nitrogen and oxygen atoms in total. The van der Waals surface area contributed by atoms with Crippen LogP contribution in [0.5, 0.6) is 0 Å². The van der Waals surface area contributed by atoms with E-state index in [2.05, 4.69) is 10.4 Å². The van der Waals surface area contributed by atoms with Gasteiger partial charge in [0.25, 0.3) is 5.91 Å². The highest BCUT2D eigenvalue weighted by molar-refractivity contribution is 7.92. The van der Waals surface area contributed by atoms with Crippen molar-refractivity contribution in [3.05, 3.63) is 76.8 Å². The van der Waals surface area contributed by atoms with Crippen molar-refractivity contribution in [1.82, 2.24) is 9.78 Å². The molecule has 2 fully saturated rings. The van der Waals surface area contributed by atoms with Crippen molar-refractivity contribution >= 4 is 33.0 Å². The molecule has 1 heterocycles. The Labute approximate surface area is 216 Å². The smallest absolute Gasteiger partial charge is 0.255 e. The molecule has 1 amide bonds. The van der Waals surface area contributed by atoms with Crippen LogP contribution in [0.1, 0.15) is 36.0 Å². The predicted molar refractivity (Wildman–Crippen MR) is 129 cm³/mol. The minimum Gasteiger partial charge on any atom is -0.388 e. The highest BCUT2D eigenvalue weighted by atomic mass is 35.5. The Kier molecular flexibility index (Phi) is 6.57. The Morgan fingerprint density at radius 3 is 2.38 bits per heavy atom. The van der Waals surface area contributed by atoms with Crippen molar-refractivity contribution in [2.45, 2.75) is 48.0 Å². The molecule has 2 aliphatic rings. The molecule has 1 aromatic heterocycles. The van der Waals surface area contributed by atoms with Crippen LogP contribution in [0.2, 0.25) is 5.02 Å². The molecule has 2 bridgehead atoms. The van der Waals surface area contributed by atoms with Gasteiger partial charge in [-0.15, -0.1) is 0 Å². The van der Waals surface area contributed by atoms with Crippen molar-refractivity contribution in [2.24, 2.45) is 11.8 Å². The summed E-state index contributed by atoms with van der Waals surface area (Å²) in [5, 5.41) is 16.8. The topological polar surface area (TPSA) is 101 Å². The molecule has 0 saturated heterocycles. The summed E-state index contributed by atoms with van der Waals surface area (Å²) in [6, 6.07) is 6.68. The van der Waals surface area contributed by atoms with Gasteiger partial charge < -0.3 is 10.4 Å². The third-order valence-corrected chi connectivity index (χ3v) is 10.1. The molecule has 2 N–H and O–H groups in total. The molecule has 0 radical (unpaired) electrons. The zero-order chi connectivity index (χ0) is 26.5. The molecule has 196 valence electrons. The van der Waals surface area contributed by atoms with Crippen LogP contribution in [0.4, 0.5) is 18.9 Å². The van der Waals surface area contributed by atoms with E-state index in [9.17, 15) is 31.5 Å². The Bertz CT molecular complexity index is 1430. The average Bonchev–Trinajstić information content (AvgIpc) is 3.43. The van der Waals surface area contributed by atoms with Gasteiger partial charge in [-0.2, -0.15) is 5.10 Å². The molecule has 12 heteroatoms. The fourth-order valence-corrected chi connectivity index (χ4v) is 8.65. The molecule has 0 aliphatic heterocycles. The van der Waals surface area contributed by atoms with Gasteiger partial charge in [0.05, 0.1) is 27.3 Å². The molecule has 3 aromatic rings. The summed E-state index contributed by atoms with van der Waals surface area (Å²) >= 11 is 6.28. The van der Waals surface area contributed by atoms with Crippen LogP contribution in [0, 0.1) is 29.3 Å². The standard InChI is InChI=1S/C25H23ClF3N3O4S/c26-18-5-4-14(24(33)31-17-9-19(27)22(29)20(28)10-17)8-21(18)37(35,36)23-15-2-3-16(23)12-25(34,11-15)13-32-7-1-6-30-32/h1,4-10,15-16,23,34H,2-3,11-13H2,(H,31,33)/t15-,16?,23?,25+/m0/s1. The van der Waals surface area contributed by atoms with E-state index < -0.39 is 44.0 Å². The molecule has 2 aliphatic carbocycles. The SMILES string of the molecule is O=C(Nc1cc(F)c(F)c(F)c1)c1ccc(Cl)c(S(=O)(=O)C2C3CC[C@H]2C[C@](O)(Cn2cccn2)C3)c1. The van der Waals surface area contributed by atoms with Gasteiger partial charge in [0.15, 0.2) is 27.3 Å². The molecule has 37 heavy (non-hydrogen) atoms. The number of aliphatic hydroxyl groups is 1. The highest BCUT2D eigenvalue weighted by Crippen LogP contribution is 2.51. The lowest BCUT2D eigenvalue weighted by molar-refractivity contribution is -0.0354. The predicted octanol–water partition coefficient (Wildman–Crippen LogP) is 4.60. The summed E-state index contributed by atoms with van der Waals surface area (Å²) in [4.78, 5) is 12.5. The summed E-state index contributed by atoms with van der Waals surface area (Å²) in [5.41, 5.74) is -1.52. The van der Waals surface area contributed by atoms with Gasteiger partial charge in [0.1, 0.15) is 0 Å². The van der Waals surface area contributed by atoms with Gasteiger partial charge in [-0.25, -0.2) is 21.6 Å². The van der Waals surface area contributed by atoms with Gasteiger partial charge in [-0.3, -0.25) is 9.48 Å². The number of nitrogens with zero attached hydrogens (tertiary/aromatic N) is 2. The number of carbonyl (C=O) groups excluding carboxylic acids is 1. The average molecular weight is 554 g/mol. The fraction of sp³-hybridized carbons (Fsp3) is 0.360. The lowest BCUT2D eigenvalue weighted by Crippen LogP contribution is -2.48. The van der Waals surface area contributed by atoms with Crippen molar-refractivity contribution in [3.8, 4) is 0 Å². The molecule has 2 unspecified atom stereocenters. The highest BCUT2D eigenvalue weighted by Gasteiger charge is 2.54. The Balaban J connectivity index is 1.39. The third-order valence-electron chi connectivity index (χ3n) is 7.24. The number of rotatable bonds is 6. The maximum absolute atomic E-state index is 13.8. The van der Waals surface area contributed by atoms with Crippen molar-refractivity contribution < 1.29 is 31.5 Å². The van der Waals surface area contributed by atoms with E-state index in [1.807, 2.05) is 0 Å². The first-order chi connectivity index (χ1) is 17.5. The number of halogens is 4. The number of nitrogens with one attached hydrogen (secondary N) is 1. The number of benzene rings is 2. The molecular weight excluding hydrogens is 531 g/mol. The summed E-state index contributed by atoms with van der Waals surface area (Å²) in [6.07, 6.45) is 5.19. The Morgan fingerprint density at radius 1 is 1.14 bits per heavy atom. The minimum atomic E-state index is -4.00. The van der Waals surface area contributed by atoms with Crippen LogP contribution in [0.15, 0.2) is 53.7 Å². The quantitative estimate of drug-likeness (QED) is 0.435. The van der Waals surface area contributed by atoms with Crippen molar-refractivity contribution in [2.75, 3.05) is 5.32 Å². The first kappa shape index (κ1) is 25.7. The van der Waals surface area contributed by atoms with Gasteiger partial charge in [0, 0.05) is 35.8 Å².